The third-order valence-electron chi connectivity index (χ3n) is 0. The van der Waals surface area contributed by atoms with Gasteiger partial charge in [0.05, 0.1) is 0 Å². The minimum absolute atomic E-state index is 0. The molecule has 0 spiro atoms. The van der Waals surface area contributed by atoms with Gasteiger partial charge in [0.15, 0.2) is 0 Å². The van der Waals surface area contributed by atoms with Crippen LogP contribution in [0.25, 0.3) is 5.73 Å². The molecule has 2 nitrogen and oxygen atoms in total. The van der Waals surface area contributed by atoms with Gasteiger partial charge in [0.25, 0.3) is 0 Å². The van der Waals surface area contributed by atoms with Crippen molar-refractivity contribution in [2.24, 2.45) is 0 Å². The van der Waals surface area contributed by atoms with Gasteiger partial charge in [-0.05, 0) is 6.92 Å². The van der Waals surface area contributed by atoms with Crippen LogP contribution in [0.5, 0.6) is 0 Å². The van der Waals surface area contributed by atoms with E-state index in [1.165, 1.54) is 6.92 Å². The van der Waals surface area contributed by atoms with Crippen molar-refractivity contribution in [2.45, 2.75) is 6.92 Å². The fraction of sp³-hybridized carbons (Fsp3) is 0.333. The van der Waals surface area contributed by atoms with Crippen molar-refractivity contribution in [3.63, 3.8) is 0 Å². The molecule has 0 aromatic heterocycles. The monoisotopic (exact) mass is 340 g/mol. The fourth-order valence-electron chi connectivity index (χ4n) is 0. The van der Waals surface area contributed by atoms with Crippen LogP contribution in [0.4, 0.5) is 0 Å². The zero-order valence-corrected chi connectivity index (χ0v) is 13.7. The Kier molecular flexibility index (Phi) is 87.1. The summed E-state index contributed by atoms with van der Waals surface area (Å²) in [5.41, 5.74) is 5.94. The van der Waals surface area contributed by atoms with Gasteiger partial charge in [-0.2, -0.15) is 0 Å². The molecule has 0 unspecified atom stereocenters. The van der Waals surface area contributed by atoms with Crippen molar-refractivity contribution >= 4 is 5.91 Å². The van der Waals surface area contributed by atoms with Crippen LogP contribution in [0.3, 0.4) is 0 Å². The first kappa shape index (κ1) is 30.9. The number of rotatable bonds is 0. The molecule has 0 heterocycles. The van der Waals surface area contributed by atoms with E-state index in [1.54, 1.807) is 0 Å². The third-order valence-corrected chi connectivity index (χ3v) is 0. The Morgan fingerprint density at radius 2 is 1.25 bits per heavy atom. The summed E-state index contributed by atoms with van der Waals surface area (Å²) in [6.45, 7) is 1.19. The molecule has 0 fully saturated rings. The maximum atomic E-state index is 9.11. The first-order valence-electron chi connectivity index (χ1n) is 0.954. The van der Waals surface area contributed by atoms with E-state index >= 15 is 0 Å². The van der Waals surface area contributed by atoms with Crippen LogP contribution >= 0.6 is 0 Å². The van der Waals surface area contributed by atoms with E-state index in [4.69, 9.17) is 10.5 Å². The average Bonchev–Trinajstić information content (AvgIpc) is 0.811. The van der Waals surface area contributed by atoms with E-state index in [0.717, 1.165) is 0 Å². The summed E-state index contributed by atoms with van der Waals surface area (Å²) in [4.78, 5) is 9.11. The van der Waals surface area contributed by atoms with Gasteiger partial charge in [-0.15, -0.1) is 0 Å². The standard InChI is InChI=1S/C2H5NO.CH3.3Y/c1-2(3)4;;;;/h1H3,(H2,3,4);1H3;;;/q;-1;;;/p-1. The molecule has 3 radical (unpaired) electrons. The van der Waals surface area contributed by atoms with Gasteiger partial charge in [0.2, 0.25) is 0 Å². The zero-order chi connectivity index (χ0) is 3.58. The van der Waals surface area contributed by atoms with E-state index in [-0.39, 0.29) is 106 Å². The Hall–Kier alpha value is 2.78. The number of hydrogen-bond acceptors (Lipinski definition) is 1. The van der Waals surface area contributed by atoms with Crippen molar-refractivity contribution in [1.82, 2.24) is 0 Å². The number of carbonyl (C=O) groups excluding carboxylic acids is 1. The van der Waals surface area contributed by atoms with E-state index < -0.39 is 5.91 Å². The summed E-state index contributed by atoms with van der Waals surface area (Å²) < 4.78 is 0. The van der Waals surface area contributed by atoms with Gasteiger partial charge in [-0.1, -0.05) is 0 Å². The van der Waals surface area contributed by atoms with Crippen LogP contribution in [0.1, 0.15) is 6.92 Å². The van der Waals surface area contributed by atoms with Crippen LogP contribution < -0.4 is 0 Å². The molecular weight excluding hydrogens is 333 g/mol. The minimum Gasteiger partial charge on any atom is -0.668 e. The van der Waals surface area contributed by atoms with E-state index in [0.29, 0.717) is 0 Å². The topological polar surface area (TPSA) is 40.9 Å². The maximum Gasteiger partial charge on any atom is 0.0456 e. The van der Waals surface area contributed by atoms with Crippen LogP contribution in [-0.4, -0.2) is 5.91 Å². The number of nitrogens with one attached hydrogen (secondary N) is 1. The minimum atomic E-state index is -0.583. The molecule has 0 atom stereocenters. The third kappa shape index (κ3) is 68.7. The quantitative estimate of drug-likeness (QED) is 0.608. The van der Waals surface area contributed by atoms with Gasteiger partial charge in [0.1, 0.15) is 0 Å². The second-order valence-electron chi connectivity index (χ2n) is 0.556. The molecule has 1 amide bonds. The SMILES string of the molecule is CC([NH-])=O.[CH3-].[Y].[Y].[Y]. The summed E-state index contributed by atoms with van der Waals surface area (Å²) in [5, 5.41) is 0. The summed E-state index contributed by atoms with van der Waals surface area (Å²) in [7, 11) is 0. The van der Waals surface area contributed by atoms with E-state index in [1.807, 2.05) is 0 Å². The summed E-state index contributed by atoms with van der Waals surface area (Å²) in [5.74, 6) is -0.583. The van der Waals surface area contributed by atoms with Crippen molar-refractivity contribution in [2.75, 3.05) is 0 Å². The largest absolute Gasteiger partial charge is 0.668 e. The molecule has 1 N–H and O–H groups in total. The smallest absolute Gasteiger partial charge is 0.0456 e. The van der Waals surface area contributed by atoms with Crippen LogP contribution in [0.2, 0.25) is 0 Å². The van der Waals surface area contributed by atoms with E-state index in [9.17, 15) is 0 Å². The van der Waals surface area contributed by atoms with Crippen molar-refractivity contribution in [3.05, 3.63) is 13.2 Å². The molecule has 0 bridgehead atoms. The molecule has 0 aliphatic carbocycles. The molecule has 0 rings (SSSR count). The number of hydrogen-bond donors (Lipinski definition) is 0. The molecule has 0 saturated heterocycles. The normalized spacial score (nSPS) is 3.12. The van der Waals surface area contributed by atoms with Crippen molar-refractivity contribution in [1.29, 1.82) is 0 Å². The Morgan fingerprint density at radius 1 is 1.25 bits per heavy atom. The summed E-state index contributed by atoms with van der Waals surface area (Å²) in [6, 6.07) is 0. The molecule has 8 heavy (non-hydrogen) atoms. The molecule has 0 aliphatic heterocycles. The van der Waals surface area contributed by atoms with Crippen LogP contribution in [0, 0.1) is 7.43 Å². The fourth-order valence-corrected chi connectivity index (χ4v) is 0. The Labute approximate surface area is 126 Å². The van der Waals surface area contributed by atoms with Gasteiger partial charge in [0, 0.05) is 104 Å². The zero-order valence-electron chi connectivity index (χ0n) is 5.14. The molecule has 41 valence electrons. The number of amides is 1. The average molecular weight is 340 g/mol. The predicted molar refractivity (Wildman–Crippen MR) is 21.4 cm³/mol. The second-order valence-corrected chi connectivity index (χ2v) is 0.556. The molecule has 0 aromatic carbocycles. The molecule has 0 aromatic rings. The molecule has 0 aliphatic rings. The van der Waals surface area contributed by atoms with E-state index in [2.05, 4.69) is 0 Å². The first-order valence-corrected chi connectivity index (χ1v) is 0.954. The van der Waals surface area contributed by atoms with Crippen LogP contribution in [-0.2, 0) is 103 Å². The second kappa shape index (κ2) is 22.6. The van der Waals surface area contributed by atoms with Gasteiger partial charge in [-0.3, -0.25) is 0 Å². The van der Waals surface area contributed by atoms with Gasteiger partial charge in [-0.25, -0.2) is 0 Å². The molecule has 0 saturated carbocycles. The summed E-state index contributed by atoms with van der Waals surface area (Å²) >= 11 is 0. The summed E-state index contributed by atoms with van der Waals surface area (Å²) in [6.07, 6.45) is 0. The van der Waals surface area contributed by atoms with Crippen LogP contribution in [0.15, 0.2) is 0 Å². The van der Waals surface area contributed by atoms with Crippen molar-refractivity contribution in [3.8, 4) is 0 Å². The van der Waals surface area contributed by atoms with Crippen molar-refractivity contribution < 1.29 is 103 Å². The van der Waals surface area contributed by atoms with Gasteiger partial charge >= 0.3 is 0 Å². The molecular formula is C3H7NOY3-2. The predicted octanol–water partition coefficient (Wildman–Crippen LogP) is 1.03. The Balaban J connectivity index is -0.00000000750. The van der Waals surface area contributed by atoms with Gasteiger partial charge < -0.3 is 18.0 Å². The first-order chi connectivity index (χ1) is 1.73. The Bertz CT molecular complexity index is 37.5. The maximum absolute atomic E-state index is 9.11. The Morgan fingerprint density at radius 3 is 1.25 bits per heavy atom. The molecule has 5 heteroatoms. The number of carbonyl (C=O) groups is 1.